The molecule has 0 spiro atoms. The molecule has 2 heterocycles. The smallest absolute Gasteiger partial charge is 0.461 e. The van der Waals surface area contributed by atoms with Crippen molar-refractivity contribution in [3.05, 3.63) is 0 Å². The van der Waals surface area contributed by atoms with E-state index in [1.807, 2.05) is 0 Å². The Kier molecular flexibility index (Phi) is 8.63. The van der Waals surface area contributed by atoms with Gasteiger partial charge in [0.25, 0.3) is 0 Å². The van der Waals surface area contributed by atoms with Gasteiger partial charge in [0, 0.05) is 18.5 Å². The van der Waals surface area contributed by atoms with E-state index in [2.05, 4.69) is 10.6 Å². The van der Waals surface area contributed by atoms with E-state index in [9.17, 15) is 18.9 Å². The molecule has 2 rings (SSSR count). The van der Waals surface area contributed by atoms with Gasteiger partial charge < -0.3 is 20.1 Å². The molecule has 12 heteroatoms. The number of hydrogen-bond donors (Lipinski definition) is 2. The van der Waals surface area contributed by atoms with Gasteiger partial charge in [-0.2, -0.15) is 0 Å². The number of ether oxygens (including phenoxy) is 2. The molecule has 3 atom stereocenters. The molecule has 2 aliphatic heterocycles. The number of esters is 2. The Balaban J connectivity index is 1.83. The summed E-state index contributed by atoms with van der Waals surface area (Å²) < 4.78 is 38.5. The summed E-state index contributed by atoms with van der Waals surface area (Å²) in [6, 6.07) is 0. The van der Waals surface area contributed by atoms with Crippen LogP contribution in [-0.4, -0.2) is 63.1 Å². The molecule has 0 bridgehead atoms. The summed E-state index contributed by atoms with van der Waals surface area (Å²) >= 11 is 0. The summed E-state index contributed by atoms with van der Waals surface area (Å²) in [5.41, 5.74) is -1.56. The summed E-state index contributed by atoms with van der Waals surface area (Å²) in [5, 5.41) is 5.70. The van der Waals surface area contributed by atoms with Crippen molar-refractivity contribution in [3.8, 4) is 0 Å². The van der Waals surface area contributed by atoms with E-state index in [0.29, 0.717) is 6.54 Å². The largest absolute Gasteiger partial charge is 0.478 e. The van der Waals surface area contributed by atoms with Gasteiger partial charge >= 0.3 is 19.8 Å². The van der Waals surface area contributed by atoms with E-state index < -0.39 is 49.4 Å². The molecule has 2 N–H and O–H groups in total. The van der Waals surface area contributed by atoms with Gasteiger partial charge in [0.1, 0.15) is 6.10 Å². The maximum absolute atomic E-state index is 12.7. The maximum atomic E-state index is 12.7. The van der Waals surface area contributed by atoms with Crippen LogP contribution < -0.4 is 10.6 Å². The highest BCUT2D eigenvalue weighted by Crippen LogP contribution is 2.57. The lowest BCUT2D eigenvalue weighted by Crippen LogP contribution is -2.50. The van der Waals surface area contributed by atoms with Crippen molar-refractivity contribution in [3.63, 3.8) is 0 Å². The molecule has 0 aliphatic carbocycles. The lowest BCUT2D eigenvalue weighted by molar-refractivity contribution is -0.163. The normalized spacial score (nSPS) is 28.0. The van der Waals surface area contributed by atoms with Crippen molar-refractivity contribution in [1.29, 1.82) is 0 Å². The number of phosphoric acid groups is 1. The van der Waals surface area contributed by atoms with Crippen LogP contribution in [0.5, 0.6) is 0 Å². The minimum Gasteiger partial charge on any atom is -0.461 e. The lowest BCUT2D eigenvalue weighted by Gasteiger charge is -2.39. The highest BCUT2D eigenvalue weighted by Gasteiger charge is 2.49. The van der Waals surface area contributed by atoms with Gasteiger partial charge in [-0.3, -0.25) is 23.4 Å². The predicted octanol–water partition coefficient (Wildman–Crippen LogP) is 1.51. The predicted molar refractivity (Wildman–Crippen MR) is 109 cm³/mol. The van der Waals surface area contributed by atoms with Crippen LogP contribution in [0.1, 0.15) is 47.5 Å². The van der Waals surface area contributed by atoms with E-state index >= 15 is 0 Å². The zero-order valence-corrected chi connectivity index (χ0v) is 19.6. The first-order valence-electron chi connectivity index (χ1n) is 10.2. The van der Waals surface area contributed by atoms with Crippen molar-refractivity contribution in [1.82, 2.24) is 10.6 Å². The summed E-state index contributed by atoms with van der Waals surface area (Å²) in [4.78, 5) is 36.3. The highest BCUT2D eigenvalue weighted by atomic mass is 31.2. The monoisotopic (exact) mass is 464 g/mol. The van der Waals surface area contributed by atoms with Gasteiger partial charge in [-0.1, -0.05) is 13.8 Å². The molecular weight excluding hydrogens is 431 g/mol. The first kappa shape index (κ1) is 25.7. The van der Waals surface area contributed by atoms with Crippen molar-refractivity contribution >= 4 is 25.7 Å². The molecule has 0 aromatic carbocycles. The average molecular weight is 464 g/mol. The molecule has 31 heavy (non-hydrogen) atoms. The second-order valence-corrected chi connectivity index (χ2v) is 10.9. The van der Waals surface area contributed by atoms with E-state index in [-0.39, 0.29) is 25.7 Å². The van der Waals surface area contributed by atoms with Gasteiger partial charge in [-0.15, -0.1) is 0 Å². The third-order valence-electron chi connectivity index (χ3n) is 4.73. The zero-order valence-electron chi connectivity index (χ0n) is 18.7. The Labute approximate surface area is 182 Å². The number of phosphoric ester groups is 1. The molecule has 0 aromatic rings. The molecule has 11 nitrogen and oxygen atoms in total. The van der Waals surface area contributed by atoms with Crippen LogP contribution in [0.25, 0.3) is 0 Å². The summed E-state index contributed by atoms with van der Waals surface area (Å²) in [5.74, 6) is -1.51. The van der Waals surface area contributed by atoms with Crippen molar-refractivity contribution in [2.75, 3.05) is 33.0 Å². The minimum absolute atomic E-state index is 0.00278. The number of nitrogens with one attached hydrogen (secondary N) is 2. The highest BCUT2D eigenvalue weighted by molar-refractivity contribution is 7.48. The van der Waals surface area contributed by atoms with Crippen LogP contribution in [0, 0.1) is 10.8 Å². The number of carbonyl (C=O) groups excluding carboxylic acids is 3. The van der Waals surface area contributed by atoms with Crippen LogP contribution in [0.15, 0.2) is 0 Å². The molecule has 0 radical (unpaired) electrons. The lowest BCUT2D eigenvalue weighted by atomic mass is 9.87. The molecule has 2 aliphatic rings. The standard InChI is InChI=1S/C19H33N2O9P/c1-18(2,3)17(24)26-12-28-31(25)27-11-19(4,5)15(30-31)16(23)21-9-7-14(22)29-13-6-8-20-10-13/h13,15,20H,6-12H2,1-5H3,(H,21,23)/t13?,15-,31?/m0/s1. The summed E-state index contributed by atoms with van der Waals surface area (Å²) in [6.45, 7) is 9.17. The fraction of sp³-hybridized carbons (Fsp3) is 0.842. The first-order valence-corrected chi connectivity index (χ1v) is 11.7. The SMILES string of the molecule is CC(C)(C)C(=O)OCOP1(=O)OCC(C)(C)[C@H](C(=O)NCCC(=O)OC2CCNC2)O1. The van der Waals surface area contributed by atoms with Gasteiger partial charge in [0.2, 0.25) is 12.7 Å². The zero-order chi connectivity index (χ0) is 23.3. The summed E-state index contributed by atoms with van der Waals surface area (Å²) in [6.07, 6.45) is -0.525. The van der Waals surface area contributed by atoms with Crippen molar-refractivity contribution in [2.45, 2.75) is 59.7 Å². The molecule has 2 fully saturated rings. The molecular formula is C19H33N2O9P. The minimum atomic E-state index is -4.12. The summed E-state index contributed by atoms with van der Waals surface area (Å²) in [7, 11) is -4.12. The van der Waals surface area contributed by atoms with Gasteiger partial charge in [-0.05, 0) is 33.7 Å². The quantitative estimate of drug-likeness (QED) is 0.309. The van der Waals surface area contributed by atoms with Crippen molar-refractivity contribution < 1.29 is 42.0 Å². The topological polar surface area (TPSA) is 138 Å². The Morgan fingerprint density at radius 1 is 1.26 bits per heavy atom. The Morgan fingerprint density at radius 3 is 2.58 bits per heavy atom. The van der Waals surface area contributed by atoms with Gasteiger partial charge in [0.15, 0.2) is 6.10 Å². The fourth-order valence-corrected chi connectivity index (χ4v) is 4.32. The molecule has 1 amide bonds. The van der Waals surface area contributed by atoms with Crippen molar-refractivity contribution in [2.24, 2.45) is 10.8 Å². The molecule has 178 valence electrons. The maximum Gasteiger partial charge on any atom is 0.478 e. The average Bonchev–Trinajstić information content (AvgIpc) is 3.16. The van der Waals surface area contributed by atoms with Crippen LogP contribution >= 0.6 is 7.82 Å². The van der Waals surface area contributed by atoms with Gasteiger partial charge in [-0.25, -0.2) is 9.09 Å². The number of carbonyl (C=O) groups is 3. The van der Waals surface area contributed by atoms with E-state index in [1.165, 1.54) is 0 Å². The fourth-order valence-electron chi connectivity index (χ4n) is 2.81. The Morgan fingerprint density at radius 2 is 1.97 bits per heavy atom. The van der Waals surface area contributed by atoms with Crippen LogP contribution in [0.2, 0.25) is 0 Å². The third kappa shape index (κ3) is 7.84. The Hall–Kier alpha value is -1.52. The molecule has 2 saturated heterocycles. The third-order valence-corrected chi connectivity index (χ3v) is 6.07. The van der Waals surface area contributed by atoms with Crippen LogP contribution in [0.3, 0.4) is 0 Å². The first-order chi connectivity index (χ1) is 14.3. The van der Waals surface area contributed by atoms with Crippen LogP contribution in [-0.2, 0) is 42.0 Å². The molecule has 2 unspecified atom stereocenters. The second-order valence-electron chi connectivity index (χ2n) is 9.27. The second kappa shape index (κ2) is 10.4. The van der Waals surface area contributed by atoms with Gasteiger partial charge in [0.05, 0.1) is 18.4 Å². The molecule has 0 saturated carbocycles. The Bertz CT molecular complexity index is 714. The number of amides is 1. The molecule has 0 aromatic heterocycles. The van der Waals surface area contributed by atoms with E-state index in [0.717, 1.165) is 13.0 Å². The number of rotatable bonds is 8. The van der Waals surface area contributed by atoms with E-state index in [4.69, 9.17) is 23.0 Å². The number of hydrogen-bond acceptors (Lipinski definition) is 10. The van der Waals surface area contributed by atoms with E-state index in [1.54, 1.807) is 34.6 Å². The van der Waals surface area contributed by atoms with Crippen LogP contribution in [0.4, 0.5) is 0 Å².